The molecule has 1 aliphatic carbocycles. The number of carbonyl (C=O) groups is 1. The van der Waals surface area contributed by atoms with Crippen molar-refractivity contribution in [3.63, 3.8) is 0 Å². The smallest absolute Gasteiger partial charge is 0.253 e. The van der Waals surface area contributed by atoms with Crippen LogP contribution in [0, 0.1) is 12.8 Å². The molecule has 1 amide bonds. The van der Waals surface area contributed by atoms with Gasteiger partial charge in [-0.1, -0.05) is 34.8 Å². The highest BCUT2D eigenvalue weighted by Gasteiger charge is 2.43. The van der Waals surface area contributed by atoms with Gasteiger partial charge in [-0.15, -0.1) is 0 Å². The highest BCUT2D eigenvalue weighted by atomic mass is 79.9. The summed E-state index contributed by atoms with van der Waals surface area (Å²) in [5.41, 5.74) is 1.34. The molecule has 3 rings (SSSR count). The van der Waals surface area contributed by atoms with E-state index in [9.17, 15) is 9.90 Å². The molecule has 0 radical (unpaired) electrons. The Bertz CT molecular complexity index is 560. The maximum atomic E-state index is 12.7. The summed E-state index contributed by atoms with van der Waals surface area (Å²) in [5, 5.41) is 10.7. The van der Waals surface area contributed by atoms with Crippen molar-refractivity contribution in [2.75, 3.05) is 13.1 Å². The van der Waals surface area contributed by atoms with Crippen LogP contribution in [0.25, 0.3) is 0 Å². The van der Waals surface area contributed by atoms with E-state index in [0.717, 1.165) is 41.3 Å². The summed E-state index contributed by atoms with van der Waals surface area (Å²) < 4.78 is 0.972. The zero-order valence-electron chi connectivity index (χ0n) is 12.4. The summed E-state index contributed by atoms with van der Waals surface area (Å²) in [6.07, 6.45) is 4.95. The molecule has 1 aromatic rings. The predicted octanol–water partition coefficient (Wildman–Crippen LogP) is 3.52. The van der Waals surface area contributed by atoms with E-state index in [-0.39, 0.29) is 11.8 Å². The summed E-state index contributed by atoms with van der Waals surface area (Å²) in [7, 11) is 0. The minimum absolute atomic E-state index is 0.0864. The number of fused-ring (bicyclic) bond motifs is 1. The van der Waals surface area contributed by atoms with Gasteiger partial charge >= 0.3 is 0 Å². The van der Waals surface area contributed by atoms with Crippen LogP contribution >= 0.6 is 15.9 Å². The molecule has 1 N–H and O–H groups in total. The molecule has 0 bridgehead atoms. The average molecular weight is 352 g/mol. The first-order valence-corrected chi connectivity index (χ1v) is 8.57. The maximum absolute atomic E-state index is 12.7. The van der Waals surface area contributed by atoms with E-state index >= 15 is 0 Å². The van der Waals surface area contributed by atoms with E-state index in [0.29, 0.717) is 13.1 Å². The Hall–Kier alpha value is -0.870. The van der Waals surface area contributed by atoms with E-state index in [1.54, 1.807) is 0 Å². The topological polar surface area (TPSA) is 40.5 Å². The predicted molar refractivity (Wildman–Crippen MR) is 86.3 cm³/mol. The van der Waals surface area contributed by atoms with Gasteiger partial charge in [-0.2, -0.15) is 0 Å². The number of hydrogen-bond acceptors (Lipinski definition) is 2. The molecule has 0 spiro atoms. The molecule has 1 heterocycles. The van der Waals surface area contributed by atoms with Crippen LogP contribution < -0.4 is 0 Å². The number of piperidine rings is 1. The van der Waals surface area contributed by atoms with Gasteiger partial charge in [-0.3, -0.25) is 4.79 Å². The molecule has 0 aromatic heterocycles. The number of halogens is 1. The van der Waals surface area contributed by atoms with Crippen LogP contribution in [-0.4, -0.2) is 34.6 Å². The number of benzene rings is 1. The van der Waals surface area contributed by atoms with Gasteiger partial charge in [0.05, 0.1) is 5.60 Å². The largest absolute Gasteiger partial charge is 0.389 e. The van der Waals surface area contributed by atoms with Gasteiger partial charge in [0.2, 0.25) is 0 Å². The van der Waals surface area contributed by atoms with Crippen molar-refractivity contribution in [2.45, 2.75) is 44.6 Å². The number of carbonyl (C=O) groups excluding carboxylic acids is 1. The van der Waals surface area contributed by atoms with Crippen molar-refractivity contribution in [1.29, 1.82) is 0 Å². The zero-order valence-corrected chi connectivity index (χ0v) is 14.0. The Morgan fingerprint density at radius 2 is 2.19 bits per heavy atom. The van der Waals surface area contributed by atoms with Gasteiger partial charge in [-0.05, 0) is 43.9 Å². The fraction of sp³-hybridized carbons (Fsp3) is 0.588. The first-order valence-electron chi connectivity index (χ1n) is 7.77. The lowest BCUT2D eigenvalue weighted by molar-refractivity contribution is -0.0886. The molecule has 1 aromatic carbocycles. The lowest BCUT2D eigenvalue weighted by atomic mass is 9.71. The number of rotatable bonds is 1. The van der Waals surface area contributed by atoms with Crippen molar-refractivity contribution < 1.29 is 9.90 Å². The Morgan fingerprint density at radius 1 is 1.38 bits per heavy atom. The molecule has 3 nitrogen and oxygen atoms in total. The molecular weight excluding hydrogens is 330 g/mol. The van der Waals surface area contributed by atoms with Crippen LogP contribution in [0.3, 0.4) is 0 Å². The quantitative estimate of drug-likeness (QED) is 0.840. The number of hydrogen-bond donors (Lipinski definition) is 1. The van der Waals surface area contributed by atoms with E-state index in [1.165, 1.54) is 6.42 Å². The summed E-state index contributed by atoms with van der Waals surface area (Å²) in [6.45, 7) is 3.37. The lowest BCUT2D eigenvalue weighted by Gasteiger charge is -2.47. The number of aliphatic hydroxyl groups is 1. The first-order chi connectivity index (χ1) is 9.99. The van der Waals surface area contributed by atoms with Crippen LogP contribution in [0.2, 0.25) is 0 Å². The van der Waals surface area contributed by atoms with Gasteiger partial charge in [0, 0.05) is 29.0 Å². The Labute approximate surface area is 134 Å². The van der Waals surface area contributed by atoms with Gasteiger partial charge in [0.15, 0.2) is 0 Å². The maximum Gasteiger partial charge on any atom is 0.253 e. The number of likely N-dealkylation sites (tertiary alicyclic amines) is 1. The van der Waals surface area contributed by atoms with Gasteiger partial charge in [0.25, 0.3) is 5.91 Å². The third kappa shape index (κ3) is 2.88. The van der Waals surface area contributed by atoms with Crippen LogP contribution in [0.15, 0.2) is 22.7 Å². The number of nitrogens with zero attached hydrogens (tertiary/aromatic N) is 1. The standard InChI is InChI=1S/C17H22BrNO2/c1-12-5-6-13(10-15(12)18)16(20)19-9-8-17(21)7-3-2-4-14(17)11-19/h5-6,10,14,21H,2-4,7-9,11H2,1H3. The monoisotopic (exact) mass is 351 g/mol. The molecule has 2 unspecified atom stereocenters. The molecule has 1 aliphatic heterocycles. The third-order valence-corrected chi connectivity index (χ3v) is 5.99. The van der Waals surface area contributed by atoms with Gasteiger partial charge < -0.3 is 10.0 Å². The van der Waals surface area contributed by atoms with Crippen molar-refractivity contribution in [3.8, 4) is 0 Å². The summed E-state index contributed by atoms with van der Waals surface area (Å²) >= 11 is 3.49. The highest BCUT2D eigenvalue weighted by molar-refractivity contribution is 9.10. The van der Waals surface area contributed by atoms with Crippen molar-refractivity contribution >= 4 is 21.8 Å². The molecule has 2 aliphatic rings. The molecular formula is C17H22BrNO2. The van der Waals surface area contributed by atoms with E-state index in [1.807, 2.05) is 30.0 Å². The molecule has 2 fully saturated rings. The summed E-state index contributed by atoms with van der Waals surface area (Å²) in [4.78, 5) is 14.6. The third-order valence-electron chi connectivity index (χ3n) is 5.13. The SMILES string of the molecule is Cc1ccc(C(=O)N2CCC3(O)CCCCC3C2)cc1Br. The van der Waals surface area contributed by atoms with Gasteiger partial charge in [0.1, 0.15) is 0 Å². The first kappa shape index (κ1) is 15.0. The molecule has 2 atom stereocenters. The fourth-order valence-electron chi connectivity index (χ4n) is 3.66. The zero-order chi connectivity index (χ0) is 15.0. The van der Waals surface area contributed by atoms with E-state index < -0.39 is 5.60 Å². The molecule has 114 valence electrons. The highest BCUT2D eigenvalue weighted by Crippen LogP contribution is 2.40. The van der Waals surface area contributed by atoms with Crippen molar-refractivity contribution in [3.05, 3.63) is 33.8 Å². The lowest BCUT2D eigenvalue weighted by Crippen LogP contribution is -2.54. The van der Waals surface area contributed by atoms with Crippen LogP contribution in [0.5, 0.6) is 0 Å². The molecule has 1 saturated carbocycles. The molecule has 4 heteroatoms. The van der Waals surface area contributed by atoms with Crippen LogP contribution in [0.4, 0.5) is 0 Å². The Balaban J connectivity index is 1.75. The normalized spacial score (nSPS) is 29.1. The summed E-state index contributed by atoms with van der Waals surface area (Å²) in [5.74, 6) is 0.334. The Morgan fingerprint density at radius 3 is 2.95 bits per heavy atom. The second-order valence-electron chi connectivity index (χ2n) is 6.51. The minimum atomic E-state index is -0.525. The van der Waals surface area contributed by atoms with Gasteiger partial charge in [-0.25, -0.2) is 0 Å². The van der Waals surface area contributed by atoms with Crippen molar-refractivity contribution in [2.24, 2.45) is 5.92 Å². The van der Waals surface area contributed by atoms with Crippen molar-refractivity contribution in [1.82, 2.24) is 4.90 Å². The molecule has 21 heavy (non-hydrogen) atoms. The number of aryl methyl sites for hydroxylation is 1. The Kier molecular flexibility index (Phi) is 4.10. The summed E-state index contributed by atoms with van der Waals surface area (Å²) in [6, 6.07) is 5.77. The van der Waals surface area contributed by atoms with E-state index in [2.05, 4.69) is 15.9 Å². The minimum Gasteiger partial charge on any atom is -0.389 e. The average Bonchev–Trinajstić information content (AvgIpc) is 2.48. The fourth-order valence-corrected chi connectivity index (χ4v) is 4.04. The second kappa shape index (κ2) is 5.73. The van der Waals surface area contributed by atoms with Crippen LogP contribution in [0.1, 0.15) is 48.0 Å². The number of amides is 1. The van der Waals surface area contributed by atoms with Crippen LogP contribution in [-0.2, 0) is 0 Å². The van der Waals surface area contributed by atoms with E-state index in [4.69, 9.17) is 0 Å². The second-order valence-corrected chi connectivity index (χ2v) is 7.37. The molecule has 1 saturated heterocycles.